The average Bonchev–Trinajstić information content (AvgIpc) is 3.12. The molecule has 7 heteroatoms. The van der Waals surface area contributed by atoms with Crippen molar-refractivity contribution in [2.24, 2.45) is 10.9 Å². The summed E-state index contributed by atoms with van der Waals surface area (Å²) in [5.74, 6) is 1.61. The Labute approximate surface area is 172 Å². The molecule has 25 heavy (non-hydrogen) atoms. The Morgan fingerprint density at radius 2 is 2.08 bits per heavy atom. The molecule has 0 aromatic carbocycles. The summed E-state index contributed by atoms with van der Waals surface area (Å²) in [6, 6.07) is 4.30. The van der Waals surface area contributed by atoms with Gasteiger partial charge in [-0.15, -0.1) is 35.3 Å². The van der Waals surface area contributed by atoms with Crippen molar-refractivity contribution in [2.75, 3.05) is 33.7 Å². The van der Waals surface area contributed by atoms with Crippen LogP contribution in [0.15, 0.2) is 22.5 Å². The molecule has 2 N–H and O–H groups in total. The summed E-state index contributed by atoms with van der Waals surface area (Å²) < 4.78 is 0. The van der Waals surface area contributed by atoms with E-state index >= 15 is 0 Å². The van der Waals surface area contributed by atoms with Gasteiger partial charge in [-0.3, -0.25) is 9.79 Å². The lowest BCUT2D eigenvalue weighted by atomic mass is 9.91. The summed E-state index contributed by atoms with van der Waals surface area (Å²) in [6.45, 7) is 7.29. The topological polar surface area (TPSA) is 56.7 Å². The smallest absolute Gasteiger partial charge is 0.220 e. The highest BCUT2D eigenvalue weighted by Gasteiger charge is 2.26. The van der Waals surface area contributed by atoms with E-state index in [4.69, 9.17) is 0 Å². The molecule has 0 atom stereocenters. The van der Waals surface area contributed by atoms with Gasteiger partial charge >= 0.3 is 0 Å². The van der Waals surface area contributed by atoms with Crippen LogP contribution in [0.2, 0.25) is 0 Å². The number of amides is 1. The Morgan fingerprint density at radius 3 is 2.60 bits per heavy atom. The van der Waals surface area contributed by atoms with E-state index in [9.17, 15) is 4.79 Å². The van der Waals surface area contributed by atoms with Gasteiger partial charge in [0.05, 0.1) is 0 Å². The number of hydrogen-bond donors (Lipinski definition) is 2. The number of likely N-dealkylation sites (tertiary alicyclic amines) is 1. The third-order valence-electron chi connectivity index (χ3n) is 4.76. The van der Waals surface area contributed by atoms with Crippen LogP contribution in [-0.4, -0.2) is 50.5 Å². The molecule has 1 fully saturated rings. The number of guanidine groups is 1. The van der Waals surface area contributed by atoms with Crippen LogP contribution < -0.4 is 10.6 Å². The van der Waals surface area contributed by atoms with E-state index in [1.807, 2.05) is 7.05 Å². The Balaban J connectivity index is 0.00000312. The van der Waals surface area contributed by atoms with Crippen molar-refractivity contribution in [2.45, 2.75) is 38.5 Å². The van der Waals surface area contributed by atoms with Gasteiger partial charge in [0.2, 0.25) is 5.91 Å². The Hall–Kier alpha value is -0.830. The zero-order valence-corrected chi connectivity index (χ0v) is 18.8. The standard InChI is InChI=1S/C18H30N4OS.HI/c1-18(2,15-6-5-11-24-15)13-21-17(20-4)22-9-7-14(8-10-22)12-16(23)19-3;/h5-6,11,14H,7-10,12-13H2,1-4H3,(H,19,23)(H,20,21);1H. The summed E-state index contributed by atoms with van der Waals surface area (Å²) in [5.41, 5.74) is 0.0850. The van der Waals surface area contributed by atoms with Crippen molar-refractivity contribution in [1.29, 1.82) is 0 Å². The number of carbonyl (C=O) groups is 1. The number of thiophene rings is 1. The minimum Gasteiger partial charge on any atom is -0.359 e. The molecule has 1 amide bonds. The Kier molecular flexibility index (Phi) is 9.20. The molecule has 2 heterocycles. The van der Waals surface area contributed by atoms with Crippen molar-refractivity contribution in [3.05, 3.63) is 22.4 Å². The maximum Gasteiger partial charge on any atom is 0.220 e. The van der Waals surface area contributed by atoms with Gasteiger partial charge in [-0.25, -0.2) is 0 Å². The quantitative estimate of drug-likeness (QED) is 0.389. The minimum absolute atomic E-state index is 0. The molecule has 1 aromatic heterocycles. The first-order chi connectivity index (χ1) is 11.5. The lowest BCUT2D eigenvalue weighted by Gasteiger charge is -2.35. The fourth-order valence-electron chi connectivity index (χ4n) is 3.10. The van der Waals surface area contributed by atoms with Crippen LogP contribution in [0.5, 0.6) is 0 Å². The average molecular weight is 478 g/mol. The lowest BCUT2D eigenvalue weighted by molar-refractivity contribution is -0.121. The van der Waals surface area contributed by atoms with Gasteiger partial charge in [0.25, 0.3) is 0 Å². The molecule has 142 valence electrons. The molecule has 2 rings (SSSR count). The second kappa shape index (κ2) is 10.4. The maximum absolute atomic E-state index is 11.5. The summed E-state index contributed by atoms with van der Waals surface area (Å²) >= 11 is 1.80. The van der Waals surface area contributed by atoms with E-state index in [2.05, 4.69) is 51.9 Å². The van der Waals surface area contributed by atoms with Gasteiger partial charge in [0.1, 0.15) is 0 Å². The van der Waals surface area contributed by atoms with Crippen LogP contribution in [0, 0.1) is 5.92 Å². The van der Waals surface area contributed by atoms with Gasteiger partial charge in [-0.05, 0) is 30.2 Å². The second-order valence-corrected chi connectivity index (χ2v) is 8.02. The highest BCUT2D eigenvalue weighted by Crippen LogP contribution is 2.27. The van der Waals surface area contributed by atoms with E-state index in [-0.39, 0.29) is 35.3 Å². The third kappa shape index (κ3) is 6.44. The number of piperidine rings is 1. The zero-order valence-electron chi connectivity index (χ0n) is 15.7. The van der Waals surface area contributed by atoms with E-state index in [0.29, 0.717) is 12.3 Å². The number of nitrogens with zero attached hydrogens (tertiary/aromatic N) is 2. The molecule has 1 saturated heterocycles. The molecule has 1 aromatic rings. The van der Waals surface area contributed by atoms with Crippen LogP contribution in [0.1, 0.15) is 38.0 Å². The molecule has 1 aliphatic heterocycles. The molecule has 0 spiro atoms. The number of aliphatic imine (C=N–C) groups is 1. The van der Waals surface area contributed by atoms with Gasteiger partial charge < -0.3 is 15.5 Å². The predicted molar refractivity (Wildman–Crippen MR) is 117 cm³/mol. The van der Waals surface area contributed by atoms with Crippen molar-refractivity contribution < 1.29 is 4.79 Å². The van der Waals surface area contributed by atoms with Gasteiger partial charge in [-0.1, -0.05) is 19.9 Å². The molecule has 0 unspecified atom stereocenters. The zero-order chi connectivity index (χ0) is 17.6. The van der Waals surface area contributed by atoms with E-state index < -0.39 is 0 Å². The molecule has 0 radical (unpaired) electrons. The largest absolute Gasteiger partial charge is 0.359 e. The molecule has 1 aliphatic rings. The van der Waals surface area contributed by atoms with Crippen LogP contribution in [0.4, 0.5) is 0 Å². The fourth-order valence-corrected chi connectivity index (χ4v) is 3.95. The van der Waals surface area contributed by atoms with Gasteiger partial charge in [0.15, 0.2) is 5.96 Å². The summed E-state index contributed by atoms with van der Waals surface area (Å²) in [6.07, 6.45) is 2.73. The second-order valence-electron chi connectivity index (χ2n) is 7.07. The Bertz CT molecular complexity index is 551. The highest BCUT2D eigenvalue weighted by molar-refractivity contribution is 14.0. The maximum atomic E-state index is 11.5. The Morgan fingerprint density at radius 1 is 1.40 bits per heavy atom. The molecule has 0 aliphatic carbocycles. The summed E-state index contributed by atoms with van der Waals surface area (Å²) in [7, 11) is 3.55. The fraction of sp³-hybridized carbons (Fsp3) is 0.667. The SMILES string of the molecule is CN=C(NCC(C)(C)c1cccs1)N1CCC(CC(=O)NC)CC1.I. The van der Waals surface area contributed by atoms with Crippen LogP contribution >= 0.6 is 35.3 Å². The van der Waals surface area contributed by atoms with E-state index in [1.165, 1.54) is 4.88 Å². The van der Waals surface area contributed by atoms with Crippen LogP contribution in [0.25, 0.3) is 0 Å². The number of carbonyl (C=O) groups excluding carboxylic acids is 1. The van der Waals surface area contributed by atoms with Crippen molar-refractivity contribution >= 4 is 47.2 Å². The predicted octanol–water partition coefficient (Wildman–Crippen LogP) is 3.07. The van der Waals surface area contributed by atoms with Crippen molar-refractivity contribution in [1.82, 2.24) is 15.5 Å². The van der Waals surface area contributed by atoms with Crippen LogP contribution in [-0.2, 0) is 10.2 Å². The first-order valence-corrected chi connectivity index (χ1v) is 9.54. The van der Waals surface area contributed by atoms with E-state index in [1.54, 1.807) is 18.4 Å². The number of hydrogen-bond acceptors (Lipinski definition) is 3. The summed E-state index contributed by atoms with van der Waals surface area (Å²) in [5, 5.41) is 8.39. The number of nitrogens with one attached hydrogen (secondary N) is 2. The van der Waals surface area contributed by atoms with Crippen LogP contribution in [0.3, 0.4) is 0 Å². The van der Waals surface area contributed by atoms with Crippen molar-refractivity contribution in [3.63, 3.8) is 0 Å². The van der Waals surface area contributed by atoms with Crippen molar-refractivity contribution in [3.8, 4) is 0 Å². The first-order valence-electron chi connectivity index (χ1n) is 8.66. The lowest BCUT2D eigenvalue weighted by Crippen LogP contribution is -2.48. The number of halogens is 1. The first kappa shape index (κ1) is 22.2. The molecule has 0 bridgehead atoms. The summed E-state index contributed by atoms with van der Waals surface area (Å²) in [4.78, 5) is 19.7. The third-order valence-corrected chi connectivity index (χ3v) is 5.99. The molecule has 5 nitrogen and oxygen atoms in total. The number of rotatable bonds is 5. The highest BCUT2D eigenvalue weighted by atomic mass is 127. The molecular weight excluding hydrogens is 447 g/mol. The molecular formula is C18H31IN4OS. The molecule has 0 saturated carbocycles. The van der Waals surface area contributed by atoms with E-state index in [0.717, 1.165) is 38.4 Å². The normalized spacial score (nSPS) is 16.3. The van der Waals surface area contributed by atoms with Gasteiger partial charge in [0, 0.05) is 50.4 Å². The monoisotopic (exact) mass is 478 g/mol. The van der Waals surface area contributed by atoms with Gasteiger partial charge in [-0.2, -0.15) is 0 Å². The minimum atomic E-state index is 0.